The van der Waals surface area contributed by atoms with E-state index in [-0.39, 0.29) is 11.5 Å². The number of aliphatic hydroxyl groups is 1. The standard InChI is InChI=1S/C21H17NO3S/c23-15-18-14-22(21-9-5-4-8-20(18)21)26(24,25)19-12-10-17(11-13-19)16-6-2-1-3-7-16/h1-14,23H,15H2. The molecule has 1 aromatic heterocycles. The molecule has 130 valence electrons. The van der Waals surface area contributed by atoms with Crippen molar-refractivity contribution >= 4 is 20.9 Å². The fourth-order valence-corrected chi connectivity index (χ4v) is 4.50. The van der Waals surface area contributed by atoms with E-state index in [1.807, 2.05) is 42.5 Å². The monoisotopic (exact) mass is 363 g/mol. The van der Waals surface area contributed by atoms with E-state index in [1.54, 1.807) is 36.4 Å². The highest BCUT2D eigenvalue weighted by atomic mass is 32.2. The summed E-state index contributed by atoms with van der Waals surface area (Å²) in [6, 6.07) is 23.8. The van der Waals surface area contributed by atoms with Crippen LogP contribution in [0.5, 0.6) is 0 Å². The number of aliphatic hydroxyl groups excluding tert-OH is 1. The molecular weight excluding hydrogens is 346 g/mol. The molecular formula is C21H17NO3S. The van der Waals surface area contributed by atoms with Crippen LogP contribution in [0.15, 0.2) is 90.0 Å². The summed E-state index contributed by atoms with van der Waals surface area (Å²) in [6.45, 7) is -0.212. The zero-order valence-corrected chi connectivity index (χ0v) is 14.7. The number of aromatic nitrogens is 1. The van der Waals surface area contributed by atoms with Crippen LogP contribution < -0.4 is 0 Å². The quantitative estimate of drug-likeness (QED) is 0.595. The summed E-state index contributed by atoms with van der Waals surface area (Å²) >= 11 is 0. The maximum atomic E-state index is 13.1. The fraction of sp³-hybridized carbons (Fsp3) is 0.0476. The average molecular weight is 363 g/mol. The van der Waals surface area contributed by atoms with Crippen molar-refractivity contribution in [2.45, 2.75) is 11.5 Å². The Morgan fingerprint density at radius 1 is 0.769 bits per heavy atom. The van der Waals surface area contributed by atoms with Crippen molar-refractivity contribution in [2.24, 2.45) is 0 Å². The summed E-state index contributed by atoms with van der Waals surface area (Å²) in [7, 11) is -3.75. The van der Waals surface area contributed by atoms with Gasteiger partial charge in [0.2, 0.25) is 0 Å². The van der Waals surface area contributed by atoms with Gasteiger partial charge in [-0.1, -0.05) is 60.7 Å². The largest absolute Gasteiger partial charge is 0.392 e. The van der Waals surface area contributed by atoms with E-state index in [2.05, 4.69) is 0 Å². The van der Waals surface area contributed by atoms with Crippen LogP contribution >= 0.6 is 0 Å². The smallest absolute Gasteiger partial charge is 0.268 e. The molecule has 0 amide bonds. The van der Waals surface area contributed by atoms with E-state index < -0.39 is 10.0 Å². The van der Waals surface area contributed by atoms with E-state index in [1.165, 1.54) is 10.2 Å². The van der Waals surface area contributed by atoms with Gasteiger partial charge in [0.05, 0.1) is 17.0 Å². The third-order valence-electron chi connectivity index (χ3n) is 4.45. The van der Waals surface area contributed by atoms with Crippen molar-refractivity contribution in [3.63, 3.8) is 0 Å². The third-order valence-corrected chi connectivity index (χ3v) is 6.14. The van der Waals surface area contributed by atoms with Crippen molar-refractivity contribution in [1.29, 1.82) is 0 Å². The van der Waals surface area contributed by atoms with Crippen LogP contribution in [0.4, 0.5) is 0 Å². The van der Waals surface area contributed by atoms with E-state index in [4.69, 9.17) is 0 Å². The Morgan fingerprint density at radius 2 is 1.38 bits per heavy atom. The first-order valence-corrected chi connectivity index (χ1v) is 9.66. The zero-order chi connectivity index (χ0) is 18.1. The van der Waals surface area contributed by atoms with Crippen LogP contribution in [-0.4, -0.2) is 17.5 Å². The maximum Gasteiger partial charge on any atom is 0.268 e. The lowest BCUT2D eigenvalue weighted by molar-refractivity contribution is 0.283. The minimum absolute atomic E-state index is 0.211. The van der Waals surface area contributed by atoms with Crippen molar-refractivity contribution in [2.75, 3.05) is 0 Å². The molecule has 0 atom stereocenters. The molecule has 0 aliphatic carbocycles. The van der Waals surface area contributed by atoms with Gasteiger partial charge in [0.1, 0.15) is 0 Å². The number of hydrogen-bond acceptors (Lipinski definition) is 3. The first-order valence-electron chi connectivity index (χ1n) is 8.22. The lowest BCUT2D eigenvalue weighted by Crippen LogP contribution is -2.11. The van der Waals surface area contributed by atoms with Crippen molar-refractivity contribution in [1.82, 2.24) is 3.97 Å². The average Bonchev–Trinajstić information content (AvgIpc) is 3.08. The summed E-state index contributed by atoms with van der Waals surface area (Å²) in [6.07, 6.45) is 1.49. The molecule has 5 heteroatoms. The highest BCUT2D eigenvalue weighted by molar-refractivity contribution is 7.90. The van der Waals surface area contributed by atoms with Gasteiger partial charge in [-0.15, -0.1) is 0 Å². The Kier molecular flexibility index (Phi) is 4.11. The number of nitrogens with zero attached hydrogens (tertiary/aromatic N) is 1. The molecule has 0 bridgehead atoms. The SMILES string of the molecule is O=S(=O)(c1ccc(-c2ccccc2)cc1)n1cc(CO)c2ccccc21. The molecule has 0 aliphatic rings. The number of fused-ring (bicyclic) bond motifs is 1. The van der Waals surface area contributed by atoms with Gasteiger partial charge in [0.25, 0.3) is 10.0 Å². The van der Waals surface area contributed by atoms with Crippen molar-refractivity contribution in [3.8, 4) is 11.1 Å². The molecule has 0 unspecified atom stereocenters. The highest BCUT2D eigenvalue weighted by Gasteiger charge is 2.20. The second kappa shape index (κ2) is 6.44. The first kappa shape index (κ1) is 16.6. The molecule has 4 nitrogen and oxygen atoms in total. The van der Waals surface area contributed by atoms with E-state index in [0.29, 0.717) is 11.1 Å². The molecule has 26 heavy (non-hydrogen) atoms. The Bertz CT molecular complexity index is 1160. The van der Waals surface area contributed by atoms with Gasteiger partial charge < -0.3 is 5.11 Å². The summed E-state index contributed by atoms with van der Waals surface area (Å²) in [5.41, 5.74) is 3.14. The topological polar surface area (TPSA) is 59.3 Å². The molecule has 1 N–H and O–H groups in total. The van der Waals surface area contributed by atoms with Gasteiger partial charge in [-0.2, -0.15) is 0 Å². The second-order valence-electron chi connectivity index (χ2n) is 6.02. The van der Waals surface area contributed by atoms with Gasteiger partial charge in [0, 0.05) is 17.1 Å². The van der Waals surface area contributed by atoms with Crippen LogP contribution in [0, 0.1) is 0 Å². The summed E-state index contributed by atoms with van der Waals surface area (Å²) in [5, 5.41) is 10.3. The van der Waals surface area contributed by atoms with Crippen molar-refractivity contribution in [3.05, 3.63) is 90.6 Å². The maximum absolute atomic E-state index is 13.1. The van der Waals surface area contributed by atoms with Gasteiger partial charge in [-0.3, -0.25) is 0 Å². The molecule has 4 aromatic rings. The van der Waals surface area contributed by atoms with Gasteiger partial charge >= 0.3 is 0 Å². The molecule has 0 fully saturated rings. The molecule has 0 saturated carbocycles. The minimum Gasteiger partial charge on any atom is -0.392 e. The first-order chi connectivity index (χ1) is 12.6. The molecule has 3 aromatic carbocycles. The lowest BCUT2D eigenvalue weighted by Gasteiger charge is -2.09. The van der Waals surface area contributed by atoms with Crippen LogP contribution in [0.25, 0.3) is 22.0 Å². The second-order valence-corrected chi connectivity index (χ2v) is 7.84. The predicted molar refractivity (Wildman–Crippen MR) is 102 cm³/mol. The number of rotatable bonds is 4. The normalized spacial score (nSPS) is 11.7. The van der Waals surface area contributed by atoms with Crippen LogP contribution in [0.2, 0.25) is 0 Å². The predicted octanol–water partition coefficient (Wildman–Crippen LogP) is 4.04. The van der Waals surface area contributed by atoms with Crippen LogP contribution in [-0.2, 0) is 16.6 Å². The van der Waals surface area contributed by atoms with Crippen LogP contribution in [0.3, 0.4) is 0 Å². The lowest BCUT2D eigenvalue weighted by atomic mass is 10.1. The fourth-order valence-electron chi connectivity index (χ4n) is 3.11. The number of hydrogen-bond donors (Lipinski definition) is 1. The molecule has 1 heterocycles. The Balaban J connectivity index is 1.80. The van der Waals surface area contributed by atoms with Crippen LogP contribution in [0.1, 0.15) is 5.56 Å². The zero-order valence-electron chi connectivity index (χ0n) is 13.9. The molecule has 0 aliphatic heterocycles. The minimum atomic E-state index is -3.75. The highest BCUT2D eigenvalue weighted by Crippen LogP contribution is 2.27. The third kappa shape index (κ3) is 2.71. The summed E-state index contributed by atoms with van der Waals surface area (Å²) < 4.78 is 27.5. The molecule has 0 saturated heterocycles. The Hall–Kier alpha value is -2.89. The van der Waals surface area contributed by atoms with E-state index in [9.17, 15) is 13.5 Å². The van der Waals surface area contributed by atoms with Gasteiger partial charge in [-0.25, -0.2) is 12.4 Å². The number of para-hydroxylation sites is 1. The summed E-state index contributed by atoms with van der Waals surface area (Å²) in [5.74, 6) is 0. The molecule has 0 spiro atoms. The van der Waals surface area contributed by atoms with E-state index >= 15 is 0 Å². The molecule has 4 rings (SSSR count). The Morgan fingerprint density at radius 3 is 2.08 bits per heavy atom. The number of benzene rings is 3. The summed E-state index contributed by atoms with van der Waals surface area (Å²) in [4.78, 5) is 0.211. The Labute approximate surface area is 152 Å². The van der Waals surface area contributed by atoms with Crippen molar-refractivity contribution < 1.29 is 13.5 Å². The molecule has 0 radical (unpaired) electrons. The van der Waals surface area contributed by atoms with Gasteiger partial charge in [-0.05, 0) is 29.3 Å². The van der Waals surface area contributed by atoms with Gasteiger partial charge in [0.15, 0.2) is 0 Å². The van der Waals surface area contributed by atoms with E-state index in [0.717, 1.165) is 16.5 Å².